The summed E-state index contributed by atoms with van der Waals surface area (Å²) in [4.78, 5) is 20.0. The van der Waals surface area contributed by atoms with Crippen molar-refractivity contribution in [2.75, 3.05) is 12.3 Å². The van der Waals surface area contributed by atoms with Crippen molar-refractivity contribution in [3.63, 3.8) is 0 Å². The molecule has 4 rings (SSSR count). The summed E-state index contributed by atoms with van der Waals surface area (Å²) in [5.74, 6) is -0.829. The number of alkyl halides is 3. The fourth-order valence-electron chi connectivity index (χ4n) is 4.62. The maximum atomic E-state index is 14.4. The molecule has 0 saturated carbocycles. The zero-order valence-electron chi connectivity index (χ0n) is 22.0. The van der Waals surface area contributed by atoms with Gasteiger partial charge in [0.2, 0.25) is 17.9 Å². The summed E-state index contributed by atoms with van der Waals surface area (Å²) in [6.45, 7) is 3.70. The van der Waals surface area contributed by atoms with E-state index >= 15 is 0 Å². The van der Waals surface area contributed by atoms with Crippen LogP contribution in [-0.4, -0.2) is 44.5 Å². The van der Waals surface area contributed by atoms with E-state index in [0.29, 0.717) is 37.1 Å². The summed E-state index contributed by atoms with van der Waals surface area (Å²) >= 11 is 6.11. The Labute approximate surface area is 234 Å². The summed E-state index contributed by atoms with van der Waals surface area (Å²) in [5, 5.41) is 4.48. The number of nitrogen functional groups attached to an aromatic ring is 1. The van der Waals surface area contributed by atoms with E-state index in [0.717, 1.165) is 5.57 Å². The van der Waals surface area contributed by atoms with Gasteiger partial charge in [-0.25, -0.2) is 9.67 Å². The van der Waals surface area contributed by atoms with Crippen LogP contribution in [0.25, 0.3) is 11.3 Å². The Bertz CT molecular complexity index is 1390. The van der Waals surface area contributed by atoms with Gasteiger partial charge in [-0.15, -0.1) is 0 Å². The second kappa shape index (κ2) is 12.3. The molecule has 9 nitrogen and oxygen atoms in total. The molecule has 0 bridgehead atoms. The van der Waals surface area contributed by atoms with Crippen molar-refractivity contribution in [3.05, 3.63) is 64.6 Å². The zero-order valence-corrected chi connectivity index (χ0v) is 22.7. The van der Waals surface area contributed by atoms with E-state index in [-0.39, 0.29) is 40.6 Å². The minimum atomic E-state index is -4.81. The number of rotatable bonds is 9. The van der Waals surface area contributed by atoms with E-state index in [4.69, 9.17) is 32.5 Å². The number of halogens is 4. The van der Waals surface area contributed by atoms with Crippen LogP contribution in [0.15, 0.2) is 42.6 Å². The lowest BCUT2D eigenvalue weighted by atomic mass is 9.84. The van der Waals surface area contributed by atoms with Crippen LogP contribution < -0.4 is 16.2 Å². The van der Waals surface area contributed by atoms with Gasteiger partial charge in [0.1, 0.15) is 6.04 Å². The maximum Gasteiger partial charge on any atom is 0.429 e. The molecule has 3 atom stereocenters. The Kier molecular flexibility index (Phi) is 8.99. The number of esters is 1. The van der Waals surface area contributed by atoms with Crippen LogP contribution in [0, 0.1) is 12.8 Å². The summed E-state index contributed by atoms with van der Waals surface area (Å²) in [5.41, 5.74) is 13.5. The number of aromatic nitrogens is 4. The average molecular weight is 579 g/mol. The Morgan fingerprint density at radius 1 is 1.25 bits per heavy atom. The van der Waals surface area contributed by atoms with E-state index in [1.54, 1.807) is 26.1 Å². The fraction of sp³-hybridized carbons (Fsp3) is 0.407. The summed E-state index contributed by atoms with van der Waals surface area (Å²) in [6.07, 6.45) is -1.36. The van der Waals surface area contributed by atoms with Gasteiger partial charge in [-0.1, -0.05) is 23.7 Å². The standard InChI is InChI=1S/C27H30ClF3N6O3/c1-3-39-25(38)20(32)12-16-4-6-17(7-5-16)21-14-23(35-26(33)34-21)40-24(27(29,30)31)19-9-8-18(28)13-22(19)37-11-10-15(2)36-37/h6,8-11,13-14,16,20,24H,3-5,7,12,32H2,1-2H3,(H2,33,34,35)/t16?,20-,24+/m0/s1. The molecule has 0 radical (unpaired) electrons. The molecule has 0 spiro atoms. The molecule has 2 aromatic heterocycles. The number of carbonyl (C=O) groups excluding carboxylic acids is 1. The monoisotopic (exact) mass is 578 g/mol. The Morgan fingerprint density at radius 2 is 2.02 bits per heavy atom. The lowest BCUT2D eigenvalue weighted by Gasteiger charge is -2.25. The summed E-state index contributed by atoms with van der Waals surface area (Å²) < 4.78 is 54.9. The van der Waals surface area contributed by atoms with E-state index in [2.05, 4.69) is 15.1 Å². The normalized spacial score (nSPS) is 17.2. The first-order valence-electron chi connectivity index (χ1n) is 12.8. The molecule has 0 aliphatic heterocycles. The molecule has 40 heavy (non-hydrogen) atoms. The van der Waals surface area contributed by atoms with Gasteiger partial charge < -0.3 is 20.9 Å². The smallest absolute Gasteiger partial charge is 0.429 e. The number of nitrogens with zero attached hydrogens (tertiary/aromatic N) is 4. The van der Waals surface area contributed by atoms with Crippen LogP contribution >= 0.6 is 11.6 Å². The topological polar surface area (TPSA) is 131 Å². The zero-order chi connectivity index (χ0) is 29.0. The number of nitrogens with two attached hydrogens (primary N) is 2. The third-order valence-electron chi connectivity index (χ3n) is 6.53. The molecular formula is C27H30ClF3N6O3. The number of ether oxygens (including phenoxy) is 2. The highest BCUT2D eigenvalue weighted by atomic mass is 35.5. The van der Waals surface area contributed by atoms with Crippen molar-refractivity contribution in [3.8, 4) is 11.6 Å². The second-order valence-electron chi connectivity index (χ2n) is 9.56. The molecule has 0 amide bonds. The molecule has 4 N–H and O–H groups in total. The molecule has 13 heteroatoms. The van der Waals surface area contributed by atoms with E-state index in [9.17, 15) is 18.0 Å². The molecule has 2 heterocycles. The van der Waals surface area contributed by atoms with E-state index in [1.807, 2.05) is 6.08 Å². The van der Waals surface area contributed by atoms with Crippen LogP contribution in [-0.2, 0) is 9.53 Å². The molecular weight excluding hydrogens is 549 g/mol. The van der Waals surface area contributed by atoms with Crippen molar-refractivity contribution in [1.29, 1.82) is 0 Å². The quantitative estimate of drug-likeness (QED) is 0.325. The first-order valence-corrected chi connectivity index (χ1v) is 13.1. The summed E-state index contributed by atoms with van der Waals surface area (Å²) in [6, 6.07) is 6.30. The number of hydrogen-bond acceptors (Lipinski definition) is 8. The fourth-order valence-corrected chi connectivity index (χ4v) is 4.79. The van der Waals surface area contributed by atoms with Crippen molar-refractivity contribution < 1.29 is 27.4 Å². The van der Waals surface area contributed by atoms with Gasteiger partial charge in [-0.2, -0.15) is 23.3 Å². The second-order valence-corrected chi connectivity index (χ2v) is 9.99. The number of hydrogen-bond donors (Lipinski definition) is 2. The van der Waals surface area contributed by atoms with Gasteiger partial charge in [0.25, 0.3) is 0 Å². The number of aryl methyl sites for hydroxylation is 1. The number of allylic oxidation sites excluding steroid dienone is 2. The highest BCUT2D eigenvalue weighted by Gasteiger charge is 2.45. The first-order chi connectivity index (χ1) is 18.9. The van der Waals surface area contributed by atoms with Crippen LogP contribution in [0.4, 0.5) is 19.1 Å². The predicted molar refractivity (Wildman–Crippen MR) is 144 cm³/mol. The molecule has 0 fully saturated rings. The van der Waals surface area contributed by atoms with E-state index < -0.39 is 24.3 Å². The number of carbonyl (C=O) groups is 1. The van der Waals surface area contributed by atoms with Crippen LogP contribution in [0.2, 0.25) is 5.02 Å². The number of benzene rings is 1. The Morgan fingerprint density at radius 3 is 2.65 bits per heavy atom. The van der Waals surface area contributed by atoms with Gasteiger partial charge in [0.15, 0.2) is 0 Å². The lowest BCUT2D eigenvalue weighted by molar-refractivity contribution is -0.198. The van der Waals surface area contributed by atoms with Crippen LogP contribution in [0.1, 0.15) is 55.7 Å². The van der Waals surface area contributed by atoms with Crippen molar-refractivity contribution in [2.45, 2.75) is 57.9 Å². The molecule has 1 aliphatic carbocycles. The van der Waals surface area contributed by atoms with Gasteiger partial charge >= 0.3 is 12.1 Å². The van der Waals surface area contributed by atoms with Crippen molar-refractivity contribution >= 4 is 29.1 Å². The van der Waals surface area contributed by atoms with Crippen molar-refractivity contribution in [2.24, 2.45) is 11.7 Å². The molecule has 214 valence electrons. The average Bonchev–Trinajstić information content (AvgIpc) is 3.33. The number of anilines is 1. The highest BCUT2D eigenvalue weighted by molar-refractivity contribution is 6.30. The molecule has 3 aromatic rings. The minimum Gasteiger partial charge on any atom is -0.465 e. The van der Waals surface area contributed by atoms with Gasteiger partial charge in [0.05, 0.1) is 23.7 Å². The third-order valence-corrected chi connectivity index (χ3v) is 6.76. The van der Waals surface area contributed by atoms with Gasteiger partial charge in [-0.3, -0.25) is 4.79 Å². The molecule has 1 aromatic carbocycles. The Hall–Kier alpha value is -3.64. The van der Waals surface area contributed by atoms with E-state index in [1.165, 1.54) is 28.9 Å². The van der Waals surface area contributed by atoms with Crippen LogP contribution in [0.5, 0.6) is 5.88 Å². The predicted octanol–water partition coefficient (Wildman–Crippen LogP) is 5.35. The van der Waals surface area contributed by atoms with Crippen LogP contribution in [0.3, 0.4) is 0 Å². The minimum absolute atomic E-state index is 0.118. The Balaban J connectivity index is 1.59. The molecule has 1 unspecified atom stereocenters. The third kappa shape index (κ3) is 7.11. The highest BCUT2D eigenvalue weighted by Crippen LogP contribution is 2.40. The first kappa shape index (κ1) is 29.3. The maximum absolute atomic E-state index is 14.4. The lowest BCUT2D eigenvalue weighted by Crippen LogP contribution is -2.34. The summed E-state index contributed by atoms with van der Waals surface area (Å²) in [7, 11) is 0. The molecule has 0 saturated heterocycles. The molecule has 1 aliphatic rings. The largest absolute Gasteiger partial charge is 0.465 e. The SMILES string of the molecule is CCOC(=O)[C@@H](N)CC1CC=C(c2cc(O[C@H](c3ccc(Cl)cc3-n3ccc(C)n3)C(F)(F)F)nc(N)n2)CC1. The van der Waals surface area contributed by atoms with Gasteiger partial charge in [-0.05, 0) is 69.2 Å². The van der Waals surface area contributed by atoms with Crippen molar-refractivity contribution in [1.82, 2.24) is 19.7 Å². The van der Waals surface area contributed by atoms with Gasteiger partial charge in [0, 0.05) is 22.8 Å².